The Morgan fingerprint density at radius 3 is 2.56 bits per heavy atom. The molecule has 4 nitrogen and oxygen atoms in total. The Morgan fingerprint density at radius 1 is 1.09 bits per heavy atom. The van der Waals surface area contributed by atoms with Crippen molar-refractivity contribution in [2.24, 2.45) is 0 Å². The molecular weight excluding hydrogens is 428 g/mol. The number of pyridine rings is 1. The summed E-state index contributed by atoms with van der Waals surface area (Å²) in [6, 6.07) is 13.8. The molecule has 7 heteroatoms. The summed E-state index contributed by atoms with van der Waals surface area (Å²) in [5.41, 5.74) is 1.90. The topological polar surface area (TPSA) is 57.8 Å². The first-order chi connectivity index (χ1) is 15.6. The highest BCUT2D eigenvalue weighted by molar-refractivity contribution is 8.00. The van der Waals surface area contributed by atoms with Crippen molar-refractivity contribution in [3.8, 4) is 11.1 Å². The molecule has 0 amide bonds. The van der Waals surface area contributed by atoms with Gasteiger partial charge in [0, 0.05) is 34.7 Å². The molecule has 0 atom stereocenters. The van der Waals surface area contributed by atoms with E-state index in [0.717, 1.165) is 29.4 Å². The second kappa shape index (κ2) is 10.9. The fourth-order valence-corrected chi connectivity index (χ4v) is 3.80. The third-order valence-electron chi connectivity index (χ3n) is 4.69. The molecular formula is C25H25F2N3OS. The molecule has 2 aromatic carbocycles. The predicted octanol–water partition coefficient (Wildman–Crippen LogP) is 7.24. The number of ketones is 1. The van der Waals surface area contributed by atoms with E-state index in [4.69, 9.17) is 0 Å². The summed E-state index contributed by atoms with van der Waals surface area (Å²) in [7, 11) is 0. The van der Waals surface area contributed by atoms with Crippen LogP contribution in [0.2, 0.25) is 0 Å². The van der Waals surface area contributed by atoms with Crippen LogP contribution in [0.3, 0.4) is 0 Å². The van der Waals surface area contributed by atoms with E-state index in [9.17, 15) is 13.6 Å². The molecule has 0 unspecified atom stereocenters. The number of hydrogen-bond acceptors (Lipinski definition) is 4. The third kappa shape index (κ3) is 4.83. The standard InChI is InChI=1S/C23H19F2N3OS.C2H6/c1-2-10-30-28-19-9-8-18(24)20(21(19)25)22(29)17-13-27-23-16(17)11-15(12-26-23)14-6-4-3-5-7-14;1-2/h3-9,11-13,28H,2,10H2,1H3,(H,26,27);1-2H3. The second-order valence-electron chi connectivity index (χ2n) is 6.75. The summed E-state index contributed by atoms with van der Waals surface area (Å²) in [4.78, 5) is 20.4. The zero-order chi connectivity index (χ0) is 23.1. The van der Waals surface area contributed by atoms with Gasteiger partial charge < -0.3 is 9.71 Å². The first-order valence-corrected chi connectivity index (χ1v) is 11.5. The Kier molecular flexibility index (Phi) is 8.00. The lowest BCUT2D eigenvalue weighted by atomic mass is 10.00. The number of carbonyl (C=O) groups is 1. The van der Waals surface area contributed by atoms with Gasteiger partial charge in [0.05, 0.1) is 11.3 Å². The fraction of sp³-hybridized carbons (Fsp3) is 0.200. The molecule has 0 bridgehead atoms. The molecule has 166 valence electrons. The minimum atomic E-state index is -0.898. The van der Waals surface area contributed by atoms with Crippen LogP contribution < -0.4 is 4.72 Å². The molecule has 0 aliphatic heterocycles. The minimum absolute atomic E-state index is 0.0844. The number of nitrogens with one attached hydrogen (secondary N) is 2. The van der Waals surface area contributed by atoms with Gasteiger partial charge in [-0.3, -0.25) is 4.79 Å². The molecule has 2 N–H and O–H groups in total. The first kappa shape index (κ1) is 23.5. The van der Waals surface area contributed by atoms with Crippen molar-refractivity contribution in [1.29, 1.82) is 0 Å². The maximum Gasteiger partial charge on any atom is 0.201 e. The number of benzene rings is 2. The van der Waals surface area contributed by atoms with Crippen molar-refractivity contribution in [2.45, 2.75) is 27.2 Å². The van der Waals surface area contributed by atoms with Crippen LogP contribution in [0.4, 0.5) is 14.5 Å². The SMILES string of the molecule is CC.CCCSNc1ccc(F)c(C(=O)c2c[nH]c3ncc(-c4ccccc4)cc23)c1F. The van der Waals surface area contributed by atoms with E-state index in [-0.39, 0.29) is 11.3 Å². The molecule has 0 aliphatic carbocycles. The summed E-state index contributed by atoms with van der Waals surface area (Å²) >= 11 is 1.31. The average Bonchev–Trinajstić information content (AvgIpc) is 3.26. The molecule has 0 spiro atoms. The number of carbonyl (C=O) groups excluding carboxylic acids is 1. The highest BCUT2D eigenvalue weighted by Gasteiger charge is 2.24. The van der Waals surface area contributed by atoms with Crippen molar-refractivity contribution < 1.29 is 13.6 Å². The van der Waals surface area contributed by atoms with Crippen LogP contribution in [-0.2, 0) is 0 Å². The summed E-state index contributed by atoms with van der Waals surface area (Å²) in [5.74, 6) is -1.76. The monoisotopic (exact) mass is 453 g/mol. The lowest BCUT2D eigenvalue weighted by molar-refractivity contribution is 0.103. The Morgan fingerprint density at radius 2 is 1.84 bits per heavy atom. The predicted molar refractivity (Wildman–Crippen MR) is 129 cm³/mol. The number of nitrogens with zero attached hydrogens (tertiary/aromatic N) is 1. The normalized spacial score (nSPS) is 10.5. The molecule has 0 aliphatic rings. The van der Waals surface area contributed by atoms with Gasteiger partial charge in [-0.05, 0) is 30.2 Å². The number of hydrogen-bond donors (Lipinski definition) is 2. The van der Waals surface area contributed by atoms with Crippen LogP contribution in [-0.4, -0.2) is 21.5 Å². The largest absolute Gasteiger partial charge is 0.345 e. The van der Waals surface area contributed by atoms with E-state index >= 15 is 0 Å². The Hall–Kier alpha value is -3.19. The van der Waals surface area contributed by atoms with Gasteiger partial charge in [0.2, 0.25) is 5.78 Å². The summed E-state index contributed by atoms with van der Waals surface area (Å²) in [6.07, 6.45) is 4.04. The van der Waals surface area contributed by atoms with Crippen molar-refractivity contribution in [1.82, 2.24) is 9.97 Å². The van der Waals surface area contributed by atoms with Gasteiger partial charge in [-0.1, -0.05) is 63.1 Å². The van der Waals surface area contributed by atoms with Gasteiger partial charge in [-0.15, -0.1) is 0 Å². The van der Waals surface area contributed by atoms with Gasteiger partial charge in [0.1, 0.15) is 11.5 Å². The van der Waals surface area contributed by atoms with Crippen molar-refractivity contribution in [3.05, 3.63) is 83.7 Å². The average molecular weight is 454 g/mol. The van der Waals surface area contributed by atoms with Crippen LogP contribution in [0.5, 0.6) is 0 Å². The number of rotatable bonds is 7. The Balaban J connectivity index is 0.00000141. The quantitative estimate of drug-likeness (QED) is 0.176. The van der Waals surface area contributed by atoms with Gasteiger partial charge in [-0.2, -0.15) is 0 Å². The minimum Gasteiger partial charge on any atom is -0.345 e. The molecule has 4 aromatic rings. The first-order valence-electron chi connectivity index (χ1n) is 10.5. The van der Waals surface area contributed by atoms with E-state index in [1.165, 1.54) is 24.2 Å². The summed E-state index contributed by atoms with van der Waals surface area (Å²) < 4.78 is 32.3. The zero-order valence-corrected chi connectivity index (χ0v) is 19.0. The van der Waals surface area contributed by atoms with Gasteiger partial charge in [-0.25, -0.2) is 13.8 Å². The second-order valence-corrected chi connectivity index (χ2v) is 7.65. The van der Waals surface area contributed by atoms with Crippen LogP contribution in [0.15, 0.2) is 60.9 Å². The number of fused-ring (bicyclic) bond motifs is 1. The van der Waals surface area contributed by atoms with Gasteiger partial charge in [0.25, 0.3) is 0 Å². The Labute approximate surface area is 190 Å². The molecule has 0 fully saturated rings. The van der Waals surface area contributed by atoms with E-state index in [2.05, 4.69) is 14.7 Å². The number of halogens is 2. The molecule has 0 saturated carbocycles. The van der Waals surface area contributed by atoms with Gasteiger partial charge in [0.15, 0.2) is 5.82 Å². The Bertz CT molecular complexity index is 1210. The lowest BCUT2D eigenvalue weighted by Crippen LogP contribution is -2.09. The van der Waals surface area contributed by atoms with E-state index in [1.807, 2.05) is 51.1 Å². The van der Waals surface area contributed by atoms with E-state index < -0.39 is 23.0 Å². The molecule has 2 heterocycles. The molecule has 2 aromatic heterocycles. The molecule has 4 rings (SSSR count). The van der Waals surface area contributed by atoms with Crippen molar-refractivity contribution in [2.75, 3.05) is 10.5 Å². The van der Waals surface area contributed by atoms with E-state index in [1.54, 1.807) is 12.3 Å². The summed E-state index contributed by atoms with van der Waals surface area (Å²) in [6.45, 7) is 6.00. The zero-order valence-electron chi connectivity index (χ0n) is 18.2. The number of H-pyrrole nitrogens is 1. The van der Waals surface area contributed by atoms with Gasteiger partial charge >= 0.3 is 0 Å². The van der Waals surface area contributed by atoms with Crippen molar-refractivity contribution in [3.63, 3.8) is 0 Å². The maximum atomic E-state index is 15.0. The maximum absolute atomic E-state index is 15.0. The van der Waals surface area contributed by atoms with Crippen LogP contribution in [0.25, 0.3) is 22.2 Å². The molecule has 0 radical (unpaired) electrons. The smallest absolute Gasteiger partial charge is 0.201 e. The third-order valence-corrected chi connectivity index (χ3v) is 5.67. The number of aromatic nitrogens is 2. The fourth-order valence-electron chi connectivity index (χ4n) is 3.18. The molecule has 0 saturated heterocycles. The highest BCUT2D eigenvalue weighted by atomic mass is 32.2. The highest BCUT2D eigenvalue weighted by Crippen LogP contribution is 2.30. The number of anilines is 1. The van der Waals surface area contributed by atoms with Crippen LogP contribution in [0.1, 0.15) is 43.1 Å². The van der Waals surface area contributed by atoms with Crippen molar-refractivity contribution >= 4 is 34.5 Å². The number of aromatic amines is 1. The molecule has 32 heavy (non-hydrogen) atoms. The summed E-state index contributed by atoms with van der Waals surface area (Å²) in [5, 5.41) is 0.513. The van der Waals surface area contributed by atoms with E-state index in [0.29, 0.717) is 11.0 Å². The van der Waals surface area contributed by atoms with Crippen LogP contribution in [0, 0.1) is 11.6 Å². The van der Waals surface area contributed by atoms with Crippen LogP contribution >= 0.6 is 11.9 Å². The lowest BCUT2D eigenvalue weighted by Gasteiger charge is -2.10.